The van der Waals surface area contributed by atoms with Crippen molar-refractivity contribution in [1.82, 2.24) is 5.32 Å². The van der Waals surface area contributed by atoms with Crippen LogP contribution in [0.3, 0.4) is 0 Å². The first-order valence-electron chi connectivity index (χ1n) is 8.71. The highest BCUT2D eigenvalue weighted by molar-refractivity contribution is 5.93. The van der Waals surface area contributed by atoms with E-state index in [4.69, 9.17) is 9.47 Å². The molecule has 9 heteroatoms. The van der Waals surface area contributed by atoms with Crippen molar-refractivity contribution >= 4 is 29.6 Å². The van der Waals surface area contributed by atoms with Crippen LogP contribution < -0.4 is 10.6 Å². The minimum Gasteiger partial charge on any atom is -0.469 e. The molecule has 0 saturated heterocycles. The van der Waals surface area contributed by atoms with Gasteiger partial charge < -0.3 is 19.5 Å². The van der Waals surface area contributed by atoms with E-state index in [1.807, 2.05) is 0 Å². The molecule has 154 valence electrons. The minimum atomic E-state index is -0.711. The van der Waals surface area contributed by atoms with Crippen LogP contribution in [0.1, 0.15) is 44.0 Å². The summed E-state index contributed by atoms with van der Waals surface area (Å²) in [6.45, 7) is 5.02. The second-order valence-corrected chi connectivity index (χ2v) is 6.81. The molecule has 0 aromatic heterocycles. The van der Waals surface area contributed by atoms with Gasteiger partial charge in [-0.15, -0.1) is 0 Å². The fourth-order valence-corrected chi connectivity index (χ4v) is 1.97. The Hall–Kier alpha value is -3.10. The molecule has 0 spiro atoms. The molecule has 1 rings (SSSR count). The van der Waals surface area contributed by atoms with E-state index >= 15 is 0 Å². The molecule has 1 aromatic carbocycles. The largest absolute Gasteiger partial charge is 0.469 e. The maximum Gasteiger partial charge on any atom is 0.412 e. The van der Waals surface area contributed by atoms with Gasteiger partial charge in [0.2, 0.25) is 0 Å². The highest BCUT2D eigenvalue weighted by atomic mass is 16.6. The smallest absolute Gasteiger partial charge is 0.412 e. The number of rotatable bonds is 8. The maximum atomic E-state index is 12.1. The van der Waals surface area contributed by atoms with Crippen molar-refractivity contribution in [2.24, 2.45) is 0 Å². The van der Waals surface area contributed by atoms with Crippen LogP contribution in [-0.2, 0) is 23.8 Å². The summed E-state index contributed by atoms with van der Waals surface area (Å²) >= 11 is 0. The number of ether oxygens (including phenoxy) is 3. The Morgan fingerprint density at radius 1 is 1.11 bits per heavy atom. The Morgan fingerprint density at radius 3 is 2.46 bits per heavy atom. The second-order valence-electron chi connectivity index (χ2n) is 6.81. The molecular weight excluding hydrogens is 368 g/mol. The number of esters is 2. The summed E-state index contributed by atoms with van der Waals surface area (Å²) in [6, 6.07) is 6.07. The molecule has 0 atom stereocenters. The standard InChI is InChI=1S/C19H26N2O7/c1-19(2,3)28-18(25)21-14-8-5-7-13(11-14)17(24)27-12-15(22)20-10-6-9-16(23)26-4/h5,7-8,11H,6,9-10,12H2,1-4H3,(H,20,22)(H,21,25). The summed E-state index contributed by atoms with van der Waals surface area (Å²) < 4.78 is 14.6. The van der Waals surface area contributed by atoms with Crippen LogP contribution in [0.2, 0.25) is 0 Å². The highest BCUT2D eigenvalue weighted by Gasteiger charge is 2.17. The average molecular weight is 394 g/mol. The lowest BCUT2D eigenvalue weighted by molar-refractivity contribution is -0.140. The number of methoxy groups -OCH3 is 1. The van der Waals surface area contributed by atoms with Crippen LogP contribution in [-0.4, -0.2) is 49.8 Å². The number of nitrogens with one attached hydrogen (secondary N) is 2. The third-order valence-corrected chi connectivity index (χ3v) is 3.19. The molecule has 2 amide bonds. The molecular formula is C19H26N2O7. The van der Waals surface area contributed by atoms with Gasteiger partial charge >= 0.3 is 18.0 Å². The molecule has 0 bridgehead atoms. The monoisotopic (exact) mass is 394 g/mol. The van der Waals surface area contributed by atoms with Crippen LogP contribution in [0.4, 0.5) is 10.5 Å². The highest BCUT2D eigenvalue weighted by Crippen LogP contribution is 2.14. The van der Waals surface area contributed by atoms with Gasteiger partial charge in [-0.25, -0.2) is 9.59 Å². The third kappa shape index (κ3) is 9.56. The Morgan fingerprint density at radius 2 is 1.82 bits per heavy atom. The lowest BCUT2D eigenvalue weighted by Crippen LogP contribution is -2.30. The molecule has 0 radical (unpaired) electrons. The van der Waals surface area contributed by atoms with Crippen molar-refractivity contribution in [3.63, 3.8) is 0 Å². The van der Waals surface area contributed by atoms with E-state index < -0.39 is 30.2 Å². The van der Waals surface area contributed by atoms with Crippen LogP contribution >= 0.6 is 0 Å². The zero-order valence-electron chi connectivity index (χ0n) is 16.5. The summed E-state index contributed by atoms with van der Waals surface area (Å²) in [5, 5.41) is 5.05. The van der Waals surface area contributed by atoms with Gasteiger partial charge in [0, 0.05) is 18.7 Å². The number of benzene rings is 1. The Kier molecular flexibility index (Phi) is 8.94. The van der Waals surface area contributed by atoms with E-state index in [1.54, 1.807) is 32.9 Å². The van der Waals surface area contributed by atoms with Gasteiger partial charge in [-0.2, -0.15) is 0 Å². The fourth-order valence-electron chi connectivity index (χ4n) is 1.97. The molecule has 0 unspecified atom stereocenters. The van der Waals surface area contributed by atoms with Crippen LogP contribution in [0.15, 0.2) is 24.3 Å². The molecule has 0 aliphatic carbocycles. The number of anilines is 1. The van der Waals surface area contributed by atoms with Crippen molar-refractivity contribution in [3.8, 4) is 0 Å². The quantitative estimate of drug-likeness (QED) is 0.394. The SMILES string of the molecule is COC(=O)CCCNC(=O)COC(=O)c1cccc(NC(=O)OC(C)(C)C)c1. The van der Waals surface area contributed by atoms with Gasteiger partial charge in [0.05, 0.1) is 12.7 Å². The van der Waals surface area contributed by atoms with E-state index in [9.17, 15) is 19.2 Å². The Labute approximate surface area is 163 Å². The number of carbonyl (C=O) groups is 4. The minimum absolute atomic E-state index is 0.173. The van der Waals surface area contributed by atoms with Crippen molar-refractivity contribution in [3.05, 3.63) is 29.8 Å². The number of amides is 2. The Balaban J connectivity index is 2.45. The molecule has 0 heterocycles. The fraction of sp³-hybridized carbons (Fsp3) is 0.474. The van der Waals surface area contributed by atoms with E-state index in [-0.39, 0.29) is 24.5 Å². The molecule has 0 aliphatic rings. The summed E-state index contributed by atoms with van der Waals surface area (Å²) in [5.41, 5.74) is -0.117. The molecule has 0 fully saturated rings. The summed E-state index contributed by atoms with van der Waals surface area (Å²) in [5.74, 6) is -1.56. The molecule has 1 aromatic rings. The molecule has 0 aliphatic heterocycles. The van der Waals surface area contributed by atoms with Crippen LogP contribution in [0.5, 0.6) is 0 Å². The van der Waals surface area contributed by atoms with Gasteiger partial charge in [-0.05, 0) is 45.4 Å². The molecule has 9 nitrogen and oxygen atoms in total. The molecule has 2 N–H and O–H groups in total. The van der Waals surface area contributed by atoms with Gasteiger partial charge in [-0.1, -0.05) is 6.07 Å². The number of hydrogen-bond donors (Lipinski definition) is 2. The van der Waals surface area contributed by atoms with Crippen molar-refractivity contribution in [2.75, 3.05) is 25.6 Å². The zero-order valence-corrected chi connectivity index (χ0v) is 16.5. The predicted molar refractivity (Wildman–Crippen MR) is 101 cm³/mol. The topological polar surface area (TPSA) is 120 Å². The molecule has 0 saturated carbocycles. The van der Waals surface area contributed by atoms with Crippen molar-refractivity contribution < 1.29 is 33.4 Å². The first-order valence-corrected chi connectivity index (χ1v) is 8.71. The number of carbonyl (C=O) groups excluding carboxylic acids is 4. The first kappa shape index (κ1) is 22.9. The van der Waals surface area contributed by atoms with E-state index in [0.29, 0.717) is 12.1 Å². The van der Waals surface area contributed by atoms with E-state index in [0.717, 1.165) is 0 Å². The third-order valence-electron chi connectivity index (χ3n) is 3.19. The maximum absolute atomic E-state index is 12.1. The summed E-state index contributed by atoms with van der Waals surface area (Å²) in [4.78, 5) is 46.5. The molecule has 28 heavy (non-hydrogen) atoms. The van der Waals surface area contributed by atoms with Gasteiger partial charge in [-0.3, -0.25) is 14.9 Å². The van der Waals surface area contributed by atoms with E-state index in [1.165, 1.54) is 19.2 Å². The summed E-state index contributed by atoms with van der Waals surface area (Å²) in [7, 11) is 1.29. The summed E-state index contributed by atoms with van der Waals surface area (Å²) in [6.07, 6.45) is -0.0389. The van der Waals surface area contributed by atoms with Crippen LogP contribution in [0.25, 0.3) is 0 Å². The Bertz CT molecular complexity index is 710. The van der Waals surface area contributed by atoms with Gasteiger partial charge in [0.15, 0.2) is 6.61 Å². The van der Waals surface area contributed by atoms with Crippen molar-refractivity contribution in [2.45, 2.75) is 39.2 Å². The average Bonchev–Trinajstić information content (AvgIpc) is 2.61. The van der Waals surface area contributed by atoms with E-state index in [2.05, 4.69) is 15.4 Å². The normalized spacial score (nSPS) is 10.6. The lowest BCUT2D eigenvalue weighted by atomic mass is 10.2. The van der Waals surface area contributed by atoms with Crippen molar-refractivity contribution in [1.29, 1.82) is 0 Å². The van der Waals surface area contributed by atoms with Crippen LogP contribution in [0, 0.1) is 0 Å². The first-order chi connectivity index (χ1) is 13.1. The zero-order chi connectivity index (χ0) is 21.2. The predicted octanol–water partition coefficient (Wildman–Crippen LogP) is 2.26. The number of hydrogen-bond acceptors (Lipinski definition) is 7. The van der Waals surface area contributed by atoms with Gasteiger partial charge in [0.1, 0.15) is 5.60 Å². The second kappa shape index (κ2) is 10.9. The van der Waals surface area contributed by atoms with Gasteiger partial charge in [0.25, 0.3) is 5.91 Å². The lowest BCUT2D eigenvalue weighted by Gasteiger charge is -2.19.